The molecule has 0 aliphatic carbocycles. The van der Waals surface area contributed by atoms with Gasteiger partial charge < -0.3 is 15.0 Å². The molecule has 158 valence electrons. The van der Waals surface area contributed by atoms with E-state index in [2.05, 4.69) is 15.8 Å². The lowest BCUT2D eigenvalue weighted by molar-refractivity contribution is -0.114. The van der Waals surface area contributed by atoms with Crippen molar-refractivity contribution in [3.63, 3.8) is 0 Å². The maximum Gasteiger partial charge on any atom is 0.258 e. The average molecular weight is 402 g/mol. The summed E-state index contributed by atoms with van der Waals surface area (Å²) in [7, 11) is 0. The van der Waals surface area contributed by atoms with Gasteiger partial charge >= 0.3 is 0 Å². The number of carbonyl (C=O) groups is 2. The molecular weight excluding hydrogens is 372 g/mol. The summed E-state index contributed by atoms with van der Waals surface area (Å²) in [5.74, 6) is -0.274. The van der Waals surface area contributed by atoms with Crippen LogP contribution < -0.4 is 10.7 Å². The number of likely N-dealkylation sites (tertiary alicyclic amines) is 1. The highest BCUT2D eigenvalue weighted by atomic mass is 16.5. The quantitative estimate of drug-likeness (QED) is 0.330. The van der Waals surface area contributed by atoms with Crippen LogP contribution in [0.3, 0.4) is 0 Å². The first-order valence-corrected chi connectivity index (χ1v) is 9.82. The van der Waals surface area contributed by atoms with Gasteiger partial charge in [0.15, 0.2) is 6.23 Å². The molecule has 8 nitrogen and oxygen atoms in total. The summed E-state index contributed by atoms with van der Waals surface area (Å²) in [5.41, 5.74) is 4.22. The van der Waals surface area contributed by atoms with Crippen LogP contribution in [0.5, 0.6) is 0 Å². The fourth-order valence-electron chi connectivity index (χ4n) is 3.53. The molecule has 0 spiro atoms. The normalized spacial score (nSPS) is 17.8. The Hall–Kier alpha value is -2.70. The lowest BCUT2D eigenvalue weighted by Gasteiger charge is -2.41. The Kier molecular flexibility index (Phi) is 7.53. The molecule has 1 fully saturated rings. The van der Waals surface area contributed by atoms with Crippen molar-refractivity contribution in [3.8, 4) is 0 Å². The van der Waals surface area contributed by atoms with Crippen molar-refractivity contribution in [2.24, 2.45) is 5.10 Å². The Morgan fingerprint density at radius 3 is 2.62 bits per heavy atom. The number of ether oxygens (including phenoxy) is 1. The van der Waals surface area contributed by atoms with Crippen LogP contribution in [0.25, 0.3) is 0 Å². The molecule has 0 aromatic heterocycles. The van der Waals surface area contributed by atoms with Crippen molar-refractivity contribution in [1.29, 1.82) is 0 Å². The Balaban J connectivity index is 2.30. The predicted octanol–water partition coefficient (Wildman–Crippen LogP) is 2.93. The smallest absolute Gasteiger partial charge is 0.258 e. The molecule has 1 heterocycles. The number of hydrazone groups is 1. The Labute approximate surface area is 171 Å². The van der Waals surface area contributed by atoms with Crippen molar-refractivity contribution in [2.75, 3.05) is 11.9 Å². The number of hydrogen-bond donors (Lipinski definition) is 2. The third kappa shape index (κ3) is 6.41. The highest BCUT2D eigenvalue weighted by Gasteiger charge is 2.36. The van der Waals surface area contributed by atoms with Crippen molar-refractivity contribution in [3.05, 3.63) is 29.3 Å². The molecule has 8 heteroatoms. The van der Waals surface area contributed by atoms with E-state index in [1.54, 1.807) is 23.1 Å². The molecule has 1 aliphatic rings. The van der Waals surface area contributed by atoms with Crippen LogP contribution in [0.4, 0.5) is 5.69 Å². The monoisotopic (exact) mass is 402 g/mol. The standard InChI is InChI=1S/C21H30N4O4/c1-14-12-16(23-15(2)27)9-10-17(14)20(28)25-11-7-6-8-18(25)19(24-22-13-26)29-21(3,4)5/h9-10,12,18-19,24H,6-8,11H2,1-5H3,(H,23,27). The van der Waals surface area contributed by atoms with E-state index < -0.39 is 11.8 Å². The molecule has 2 atom stereocenters. The number of anilines is 1. The zero-order chi connectivity index (χ0) is 21.6. The van der Waals surface area contributed by atoms with Crippen molar-refractivity contribution in [2.45, 2.75) is 71.8 Å². The number of nitrogens with zero attached hydrogens (tertiary/aromatic N) is 2. The van der Waals surface area contributed by atoms with E-state index in [4.69, 9.17) is 4.74 Å². The molecule has 29 heavy (non-hydrogen) atoms. The molecule has 1 saturated heterocycles. The second kappa shape index (κ2) is 9.67. The van der Waals surface area contributed by atoms with Gasteiger partial charge in [0.05, 0.1) is 11.6 Å². The van der Waals surface area contributed by atoms with E-state index in [1.807, 2.05) is 27.7 Å². The number of nitrogens with one attached hydrogen (secondary N) is 2. The van der Waals surface area contributed by atoms with Gasteiger partial charge in [0.25, 0.3) is 12.0 Å². The molecule has 2 N–H and O–H groups in total. The summed E-state index contributed by atoms with van der Waals surface area (Å²) < 4.78 is 6.06. The SMILES string of the molecule is CC(=O)Nc1ccc(C(=O)N2CCCCC2C(NN=C=O)OC(C)(C)C)c(C)c1. The van der Waals surface area contributed by atoms with Crippen LogP contribution in [-0.2, 0) is 14.3 Å². The number of piperidine rings is 1. The summed E-state index contributed by atoms with van der Waals surface area (Å²) in [4.78, 5) is 37.0. The molecule has 1 aliphatic heterocycles. The maximum atomic E-state index is 13.4. The van der Waals surface area contributed by atoms with Gasteiger partial charge in [-0.3, -0.25) is 15.0 Å². The third-order valence-electron chi connectivity index (χ3n) is 4.65. The number of amides is 2. The van der Waals surface area contributed by atoms with Gasteiger partial charge in [-0.05, 0) is 70.7 Å². The van der Waals surface area contributed by atoms with Crippen LogP contribution in [0.15, 0.2) is 23.3 Å². The fourth-order valence-corrected chi connectivity index (χ4v) is 3.53. The molecule has 0 radical (unpaired) electrons. The molecule has 2 rings (SSSR count). The summed E-state index contributed by atoms with van der Waals surface area (Å²) >= 11 is 0. The molecule has 0 bridgehead atoms. The Morgan fingerprint density at radius 2 is 2.03 bits per heavy atom. The van der Waals surface area contributed by atoms with Crippen molar-refractivity contribution in [1.82, 2.24) is 10.3 Å². The first-order valence-electron chi connectivity index (χ1n) is 9.82. The Bertz CT molecular complexity index is 796. The Morgan fingerprint density at radius 1 is 1.31 bits per heavy atom. The van der Waals surface area contributed by atoms with E-state index in [-0.39, 0.29) is 17.9 Å². The van der Waals surface area contributed by atoms with Gasteiger partial charge in [-0.15, -0.1) is 0 Å². The minimum Gasteiger partial charge on any atom is -0.349 e. The predicted molar refractivity (Wildman–Crippen MR) is 110 cm³/mol. The number of benzene rings is 1. The molecular formula is C21H30N4O4. The topological polar surface area (TPSA) is 100 Å². The fraction of sp³-hybridized carbons (Fsp3) is 0.571. The molecule has 0 saturated carbocycles. The minimum atomic E-state index is -0.625. The molecule has 2 amide bonds. The lowest BCUT2D eigenvalue weighted by Crippen LogP contribution is -2.56. The van der Waals surface area contributed by atoms with Gasteiger partial charge in [0.1, 0.15) is 0 Å². The number of carbonyl (C=O) groups excluding carboxylic acids is 3. The number of rotatable bonds is 6. The zero-order valence-electron chi connectivity index (χ0n) is 17.7. The van der Waals surface area contributed by atoms with Gasteiger partial charge in [-0.1, -0.05) is 5.10 Å². The van der Waals surface area contributed by atoms with E-state index in [0.717, 1.165) is 24.8 Å². The lowest BCUT2D eigenvalue weighted by atomic mass is 9.97. The molecule has 2 unspecified atom stereocenters. The van der Waals surface area contributed by atoms with Crippen molar-refractivity contribution < 1.29 is 19.1 Å². The number of aryl methyl sites for hydroxylation is 1. The van der Waals surface area contributed by atoms with Crippen LogP contribution in [0.2, 0.25) is 0 Å². The van der Waals surface area contributed by atoms with Crippen LogP contribution in [-0.4, -0.2) is 47.2 Å². The summed E-state index contributed by atoms with van der Waals surface area (Å²) in [6.07, 6.45) is 3.43. The van der Waals surface area contributed by atoms with Crippen LogP contribution >= 0.6 is 0 Å². The second-order valence-electron chi connectivity index (χ2n) is 8.26. The summed E-state index contributed by atoms with van der Waals surface area (Å²) in [6.45, 7) is 9.60. The highest BCUT2D eigenvalue weighted by molar-refractivity contribution is 5.97. The number of hydrogen-bond acceptors (Lipinski definition) is 6. The van der Waals surface area contributed by atoms with Gasteiger partial charge in [0, 0.05) is 24.7 Å². The first kappa shape index (κ1) is 22.6. The third-order valence-corrected chi connectivity index (χ3v) is 4.65. The molecule has 1 aromatic carbocycles. The van der Waals surface area contributed by atoms with Gasteiger partial charge in [-0.2, -0.15) is 0 Å². The second-order valence-corrected chi connectivity index (χ2v) is 8.26. The van der Waals surface area contributed by atoms with Crippen LogP contribution in [0, 0.1) is 6.92 Å². The van der Waals surface area contributed by atoms with Crippen molar-refractivity contribution >= 4 is 23.6 Å². The van der Waals surface area contributed by atoms with Gasteiger partial charge in [0.2, 0.25) is 5.91 Å². The van der Waals surface area contributed by atoms with E-state index in [9.17, 15) is 14.4 Å². The van der Waals surface area contributed by atoms with Crippen LogP contribution in [0.1, 0.15) is 62.9 Å². The number of isocyanates is 1. The summed E-state index contributed by atoms with van der Waals surface area (Å²) in [5, 5.41) is 6.22. The average Bonchev–Trinajstić information content (AvgIpc) is 2.63. The van der Waals surface area contributed by atoms with Gasteiger partial charge in [-0.25, -0.2) is 4.79 Å². The maximum absolute atomic E-state index is 13.4. The highest BCUT2D eigenvalue weighted by Crippen LogP contribution is 2.27. The van der Waals surface area contributed by atoms with E-state index in [0.29, 0.717) is 17.8 Å². The largest absolute Gasteiger partial charge is 0.349 e. The molecule has 1 aromatic rings. The first-order chi connectivity index (χ1) is 13.6. The summed E-state index contributed by atoms with van der Waals surface area (Å²) in [6, 6.07) is 4.96. The van der Waals surface area contributed by atoms with E-state index in [1.165, 1.54) is 13.0 Å². The van der Waals surface area contributed by atoms with E-state index >= 15 is 0 Å². The zero-order valence-corrected chi connectivity index (χ0v) is 17.7. The minimum absolute atomic E-state index is 0.110.